The maximum atomic E-state index is 15.8. The summed E-state index contributed by atoms with van der Waals surface area (Å²) in [4.78, 5) is 75.3. The van der Waals surface area contributed by atoms with Gasteiger partial charge in [0.2, 0.25) is 11.8 Å². The third-order valence-electron chi connectivity index (χ3n) is 11.2. The second kappa shape index (κ2) is 17.3. The Morgan fingerprint density at radius 2 is 1.27 bits per heavy atom. The molecule has 0 aliphatic carbocycles. The van der Waals surface area contributed by atoms with E-state index in [1.54, 1.807) is 28.3 Å². The van der Waals surface area contributed by atoms with E-state index in [9.17, 15) is 19.2 Å². The summed E-state index contributed by atoms with van der Waals surface area (Å²) in [5, 5.41) is 6.22. The maximum absolute atomic E-state index is 15.8. The van der Waals surface area contributed by atoms with Crippen molar-refractivity contribution in [2.24, 2.45) is 11.8 Å². The van der Waals surface area contributed by atoms with Crippen LogP contribution in [0.2, 0.25) is 0 Å². The van der Waals surface area contributed by atoms with E-state index in [4.69, 9.17) is 14.5 Å². The lowest BCUT2D eigenvalue weighted by Crippen LogP contribution is -2.51. The quantitative estimate of drug-likeness (QED) is 0.110. The molecule has 5 heterocycles. The van der Waals surface area contributed by atoms with Gasteiger partial charge in [-0.1, -0.05) is 45.9 Å². The van der Waals surface area contributed by atoms with Gasteiger partial charge in [-0.3, -0.25) is 9.59 Å². The van der Waals surface area contributed by atoms with Gasteiger partial charge in [0.05, 0.1) is 61.3 Å². The molecule has 15 nitrogen and oxygen atoms in total. The lowest BCUT2D eigenvalue weighted by atomic mass is 10.0. The molecule has 5 aromatic rings. The molecule has 7 rings (SSSR count). The molecule has 3 aromatic heterocycles. The second-order valence-electron chi connectivity index (χ2n) is 15.8. The van der Waals surface area contributed by atoms with Gasteiger partial charge in [-0.05, 0) is 67.9 Å². The summed E-state index contributed by atoms with van der Waals surface area (Å²) in [7, 11) is 2.53. The first kappa shape index (κ1) is 40.9. The van der Waals surface area contributed by atoms with Gasteiger partial charge in [-0.2, -0.15) is 0 Å². The van der Waals surface area contributed by atoms with Crippen molar-refractivity contribution in [1.29, 1.82) is 0 Å². The largest absolute Gasteiger partial charge is 0.453 e. The molecule has 2 aliphatic heterocycles. The number of hydrogen-bond acceptors (Lipinski definition) is 9. The minimum atomic E-state index is -0.755. The van der Waals surface area contributed by atoms with E-state index in [2.05, 4.69) is 30.6 Å². The van der Waals surface area contributed by atoms with Crippen molar-refractivity contribution in [2.45, 2.75) is 77.5 Å². The summed E-state index contributed by atoms with van der Waals surface area (Å²) in [6.45, 7) is 8.56. The third-order valence-corrected chi connectivity index (χ3v) is 11.2. The Labute approximate surface area is 341 Å². The number of nitrogens with zero attached hydrogens (tertiary/aromatic N) is 5. The molecule has 310 valence electrons. The monoisotopic (exact) mass is 807 g/mol. The highest BCUT2D eigenvalue weighted by molar-refractivity contribution is 5.88. The number of aromatic amines is 2. The van der Waals surface area contributed by atoms with Crippen LogP contribution in [0.4, 0.5) is 14.0 Å². The molecular weight excluding hydrogens is 758 g/mol. The number of pyridine rings is 1. The van der Waals surface area contributed by atoms with Crippen molar-refractivity contribution < 1.29 is 33.0 Å². The lowest BCUT2D eigenvalue weighted by molar-refractivity contribution is -0.136. The van der Waals surface area contributed by atoms with E-state index >= 15 is 4.39 Å². The molecule has 0 bridgehead atoms. The second-order valence-corrected chi connectivity index (χ2v) is 15.8. The number of nitrogens with one attached hydrogen (secondary N) is 4. The predicted octanol–water partition coefficient (Wildman–Crippen LogP) is 6.91. The number of amides is 4. The normalized spacial score (nSPS) is 17.7. The van der Waals surface area contributed by atoms with Crippen molar-refractivity contribution >= 4 is 34.9 Å². The fourth-order valence-corrected chi connectivity index (χ4v) is 8.03. The molecule has 2 saturated heterocycles. The van der Waals surface area contributed by atoms with Crippen LogP contribution in [-0.4, -0.2) is 98.1 Å². The summed E-state index contributed by atoms with van der Waals surface area (Å²) in [5.41, 5.74) is 4.46. The highest BCUT2D eigenvalue weighted by Crippen LogP contribution is 2.36. The van der Waals surface area contributed by atoms with Crippen LogP contribution in [0, 0.1) is 17.7 Å². The van der Waals surface area contributed by atoms with Crippen molar-refractivity contribution in [2.75, 3.05) is 27.3 Å². The Bertz CT molecular complexity index is 2360. The lowest BCUT2D eigenvalue weighted by Gasteiger charge is -2.30. The van der Waals surface area contributed by atoms with Gasteiger partial charge >= 0.3 is 12.2 Å². The van der Waals surface area contributed by atoms with Crippen LogP contribution in [0.5, 0.6) is 0 Å². The zero-order valence-electron chi connectivity index (χ0n) is 34.0. The number of ether oxygens (including phenoxy) is 2. The molecule has 4 amide bonds. The highest BCUT2D eigenvalue weighted by atomic mass is 19.1. The van der Waals surface area contributed by atoms with Gasteiger partial charge < -0.3 is 39.9 Å². The van der Waals surface area contributed by atoms with Gasteiger partial charge in [0.1, 0.15) is 29.5 Å². The van der Waals surface area contributed by atoms with Crippen LogP contribution >= 0.6 is 0 Å². The van der Waals surface area contributed by atoms with E-state index in [-0.39, 0.29) is 35.7 Å². The summed E-state index contributed by atoms with van der Waals surface area (Å²) in [6, 6.07) is 12.6. The fraction of sp³-hybridized carbons (Fsp3) is 0.419. The van der Waals surface area contributed by atoms with Gasteiger partial charge in [0, 0.05) is 35.2 Å². The number of aromatic nitrogens is 5. The van der Waals surface area contributed by atoms with E-state index < -0.39 is 30.1 Å². The average Bonchev–Trinajstić information content (AvgIpc) is 4.07. The van der Waals surface area contributed by atoms with Crippen molar-refractivity contribution in [1.82, 2.24) is 45.4 Å². The number of rotatable bonds is 11. The van der Waals surface area contributed by atoms with Crippen LogP contribution in [0.15, 0.2) is 60.9 Å². The molecule has 0 saturated carbocycles. The maximum Gasteiger partial charge on any atom is 0.407 e. The van der Waals surface area contributed by atoms with Crippen LogP contribution in [-0.2, 0) is 19.1 Å². The molecule has 59 heavy (non-hydrogen) atoms. The van der Waals surface area contributed by atoms with Crippen molar-refractivity contribution in [3.8, 4) is 33.8 Å². The number of benzene rings is 2. The summed E-state index contributed by atoms with van der Waals surface area (Å²) in [5.74, 6) is 0.102. The minimum Gasteiger partial charge on any atom is -0.453 e. The smallest absolute Gasteiger partial charge is 0.407 e. The van der Waals surface area contributed by atoms with Crippen LogP contribution in [0.25, 0.3) is 44.7 Å². The molecule has 4 unspecified atom stereocenters. The Balaban J connectivity index is 1.05. The van der Waals surface area contributed by atoms with E-state index in [1.165, 1.54) is 20.3 Å². The Kier molecular flexibility index (Phi) is 12.0. The third kappa shape index (κ3) is 8.47. The molecule has 16 heteroatoms. The number of imidazole rings is 2. The highest BCUT2D eigenvalue weighted by Gasteiger charge is 2.39. The summed E-state index contributed by atoms with van der Waals surface area (Å²) in [6.07, 6.45) is 5.03. The molecular formula is C43H50FN9O6. The van der Waals surface area contributed by atoms with Crippen LogP contribution in [0.3, 0.4) is 0 Å². The fourth-order valence-electron chi connectivity index (χ4n) is 8.03. The number of fused-ring (bicyclic) bond motifs is 1. The van der Waals surface area contributed by atoms with Gasteiger partial charge in [0.15, 0.2) is 0 Å². The molecule has 4 atom stereocenters. The van der Waals surface area contributed by atoms with Crippen LogP contribution in [0.1, 0.15) is 77.1 Å². The molecule has 2 aliphatic rings. The molecule has 0 radical (unpaired) electrons. The number of halogens is 1. The Hall–Kier alpha value is -6.32. The average molecular weight is 808 g/mol. The molecule has 0 spiro atoms. The number of H-pyrrole nitrogens is 2. The van der Waals surface area contributed by atoms with E-state index in [0.29, 0.717) is 53.7 Å². The number of hydrogen-bond donors (Lipinski definition) is 4. The number of methoxy groups -OCH3 is 2. The SMILES string of the molecule is COC(=O)NC(C(=O)N1CCCC1c1ncc(-c2ccc3nc(-c4ccc(-c5cnc(C6CCCN6C(=O)C(NC(=O)OC)C(C)C)[nH]5)c(F)c4)ccc3c2)[nH]1)C(C)C. The van der Waals surface area contributed by atoms with E-state index in [1.807, 2.05) is 64.1 Å². The Morgan fingerprint density at radius 1 is 0.729 bits per heavy atom. The van der Waals surface area contributed by atoms with Gasteiger partial charge in [-0.15, -0.1) is 0 Å². The van der Waals surface area contributed by atoms with Crippen molar-refractivity contribution in [3.05, 3.63) is 78.4 Å². The van der Waals surface area contributed by atoms with Crippen molar-refractivity contribution in [3.63, 3.8) is 0 Å². The summed E-state index contributed by atoms with van der Waals surface area (Å²) < 4.78 is 25.3. The predicted molar refractivity (Wildman–Crippen MR) is 218 cm³/mol. The van der Waals surface area contributed by atoms with Crippen LogP contribution < -0.4 is 10.6 Å². The first-order valence-electron chi connectivity index (χ1n) is 20.0. The number of alkyl carbamates (subject to hydrolysis) is 2. The minimum absolute atomic E-state index is 0.130. The zero-order chi connectivity index (χ0) is 42.0. The number of carbonyl (C=O) groups excluding carboxylic acids is 4. The first-order chi connectivity index (χ1) is 28.4. The molecule has 2 fully saturated rings. The van der Waals surface area contributed by atoms with E-state index in [0.717, 1.165) is 41.4 Å². The summed E-state index contributed by atoms with van der Waals surface area (Å²) >= 11 is 0. The molecule has 4 N–H and O–H groups in total. The Morgan fingerprint density at radius 3 is 1.81 bits per heavy atom. The number of likely N-dealkylation sites (tertiary alicyclic amines) is 2. The first-order valence-corrected chi connectivity index (χ1v) is 20.0. The molecule has 2 aromatic carbocycles. The zero-order valence-corrected chi connectivity index (χ0v) is 34.0. The van der Waals surface area contributed by atoms with Gasteiger partial charge in [-0.25, -0.2) is 28.9 Å². The number of carbonyl (C=O) groups is 4. The van der Waals surface area contributed by atoms with Gasteiger partial charge in [0.25, 0.3) is 0 Å². The standard InChI is InChI=1S/C43H50FN9O6/c1-23(2)36(50-42(56)58-5)40(54)52-17-7-9-34(52)38-45-21-32(48-38)26-13-16-30-25(19-26)12-15-31(47-30)27-11-14-28(29(44)20-27)33-22-46-39(49-33)35-10-8-18-53(35)41(55)37(24(3)4)51-43(57)59-6/h11-16,19-24,34-37H,7-10,17-18H2,1-6H3,(H,45,48)(H,46,49)(H,50,56)(H,51,57). The topological polar surface area (TPSA) is 188 Å².